The van der Waals surface area contributed by atoms with E-state index in [0.717, 1.165) is 43.7 Å². The first-order valence-corrected chi connectivity index (χ1v) is 9.10. The van der Waals surface area contributed by atoms with Crippen LogP contribution in [-0.2, 0) is 4.79 Å². The first kappa shape index (κ1) is 14.9. The zero-order chi connectivity index (χ0) is 14.7. The predicted octanol–water partition coefficient (Wildman–Crippen LogP) is 2.82. The molecule has 1 heterocycles. The Bertz CT molecular complexity index is 479. The summed E-state index contributed by atoms with van der Waals surface area (Å²) in [6, 6.07) is 10.9. The van der Waals surface area contributed by atoms with Crippen molar-refractivity contribution in [1.29, 1.82) is 0 Å². The van der Waals surface area contributed by atoms with Crippen LogP contribution in [0.5, 0.6) is 0 Å². The largest absolute Gasteiger partial charge is 0.334 e. The van der Waals surface area contributed by atoms with E-state index in [0.29, 0.717) is 5.91 Å². The van der Waals surface area contributed by atoms with Crippen LogP contribution in [0.2, 0.25) is 0 Å². The first-order chi connectivity index (χ1) is 10.3. The van der Waals surface area contributed by atoms with Gasteiger partial charge in [-0.3, -0.25) is 4.79 Å². The number of nitrogens with zero attached hydrogens (tertiary/aromatic N) is 1. The van der Waals surface area contributed by atoms with E-state index < -0.39 is 0 Å². The molecule has 1 aromatic rings. The molecule has 2 aliphatic rings. The van der Waals surface area contributed by atoms with Crippen molar-refractivity contribution in [3.63, 3.8) is 0 Å². The second-order valence-corrected chi connectivity index (χ2v) is 7.31. The van der Waals surface area contributed by atoms with Gasteiger partial charge in [0.25, 0.3) is 0 Å². The molecule has 3 unspecified atom stereocenters. The van der Waals surface area contributed by atoms with Crippen molar-refractivity contribution in [3.05, 3.63) is 35.9 Å². The monoisotopic (exact) mass is 304 g/mol. The fourth-order valence-electron chi connectivity index (χ4n) is 3.51. The second kappa shape index (κ2) is 6.84. The summed E-state index contributed by atoms with van der Waals surface area (Å²) >= 11 is 1.95. The molecule has 0 bridgehead atoms. The molecule has 3 atom stereocenters. The summed E-state index contributed by atoms with van der Waals surface area (Å²) in [4.78, 5) is 15.1. The van der Waals surface area contributed by atoms with Crippen LogP contribution in [0.15, 0.2) is 30.3 Å². The Kier molecular flexibility index (Phi) is 4.86. The van der Waals surface area contributed by atoms with Gasteiger partial charge in [0, 0.05) is 30.0 Å². The van der Waals surface area contributed by atoms with Gasteiger partial charge < -0.3 is 10.6 Å². The topological polar surface area (TPSA) is 46.3 Å². The number of amides is 1. The third-order valence-corrected chi connectivity index (χ3v) is 5.68. The summed E-state index contributed by atoms with van der Waals surface area (Å²) in [7, 11) is 0. The van der Waals surface area contributed by atoms with E-state index in [1.165, 1.54) is 5.56 Å². The van der Waals surface area contributed by atoms with E-state index in [1.807, 2.05) is 17.8 Å². The zero-order valence-electron chi connectivity index (χ0n) is 12.4. The number of rotatable bonds is 2. The molecule has 4 heteroatoms. The van der Waals surface area contributed by atoms with Crippen LogP contribution in [0, 0.1) is 5.92 Å². The van der Waals surface area contributed by atoms with Crippen molar-refractivity contribution in [1.82, 2.24) is 4.90 Å². The third-order valence-electron chi connectivity index (χ3n) is 4.66. The molecule has 114 valence electrons. The molecule has 1 saturated carbocycles. The van der Waals surface area contributed by atoms with Crippen LogP contribution in [0.3, 0.4) is 0 Å². The molecule has 3 nitrogen and oxygen atoms in total. The number of carbonyl (C=O) groups is 1. The second-order valence-electron chi connectivity index (χ2n) is 6.16. The summed E-state index contributed by atoms with van der Waals surface area (Å²) in [5.74, 6) is 2.53. The number of benzene rings is 1. The summed E-state index contributed by atoms with van der Waals surface area (Å²) in [5.41, 5.74) is 7.33. The Balaban J connectivity index is 1.76. The molecule has 0 radical (unpaired) electrons. The molecule has 1 aliphatic heterocycles. The summed E-state index contributed by atoms with van der Waals surface area (Å²) in [6.07, 6.45) is 4.04. The highest BCUT2D eigenvalue weighted by molar-refractivity contribution is 7.99. The van der Waals surface area contributed by atoms with Crippen molar-refractivity contribution in [2.24, 2.45) is 11.7 Å². The van der Waals surface area contributed by atoms with Crippen LogP contribution in [-0.4, -0.2) is 34.9 Å². The van der Waals surface area contributed by atoms with Crippen LogP contribution >= 0.6 is 11.8 Å². The van der Waals surface area contributed by atoms with E-state index in [-0.39, 0.29) is 18.0 Å². The van der Waals surface area contributed by atoms with Gasteiger partial charge in [0.1, 0.15) is 0 Å². The van der Waals surface area contributed by atoms with E-state index in [4.69, 9.17) is 5.73 Å². The standard InChI is InChI=1S/C17H24N2OS/c18-15-8-4-7-14(11-15)17(20)19-9-10-21-12-16(19)13-5-2-1-3-6-13/h1-3,5-6,14-16H,4,7-12,18H2. The summed E-state index contributed by atoms with van der Waals surface area (Å²) < 4.78 is 0. The molecule has 1 amide bonds. The smallest absolute Gasteiger partial charge is 0.226 e. The van der Waals surface area contributed by atoms with Gasteiger partial charge in [0.15, 0.2) is 0 Å². The molecule has 1 aliphatic carbocycles. The van der Waals surface area contributed by atoms with Gasteiger partial charge in [-0.25, -0.2) is 0 Å². The molecule has 0 spiro atoms. The van der Waals surface area contributed by atoms with Gasteiger partial charge in [-0.1, -0.05) is 36.8 Å². The van der Waals surface area contributed by atoms with Crippen molar-refractivity contribution < 1.29 is 4.79 Å². The Morgan fingerprint density at radius 2 is 2.05 bits per heavy atom. The molecule has 1 aromatic carbocycles. The van der Waals surface area contributed by atoms with Gasteiger partial charge in [0.2, 0.25) is 5.91 Å². The summed E-state index contributed by atoms with van der Waals surface area (Å²) in [5, 5.41) is 0. The van der Waals surface area contributed by atoms with Gasteiger partial charge in [-0.15, -0.1) is 0 Å². The Morgan fingerprint density at radius 3 is 2.81 bits per heavy atom. The van der Waals surface area contributed by atoms with Crippen LogP contribution < -0.4 is 5.73 Å². The fraction of sp³-hybridized carbons (Fsp3) is 0.588. The SMILES string of the molecule is NC1CCCC(C(=O)N2CCSCC2c2ccccc2)C1. The zero-order valence-corrected chi connectivity index (χ0v) is 13.2. The lowest BCUT2D eigenvalue weighted by molar-refractivity contribution is -0.138. The van der Waals surface area contributed by atoms with Gasteiger partial charge in [-0.2, -0.15) is 11.8 Å². The summed E-state index contributed by atoms with van der Waals surface area (Å²) in [6.45, 7) is 0.870. The lowest BCUT2D eigenvalue weighted by Crippen LogP contribution is -2.46. The molecular formula is C17H24N2OS. The maximum absolute atomic E-state index is 12.9. The average Bonchev–Trinajstić information content (AvgIpc) is 2.55. The predicted molar refractivity (Wildman–Crippen MR) is 88.2 cm³/mol. The fourth-order valence-corrected chi connectivity index (χ4v) is 4.59. The Morgan fingerprint density at radius 1 is 1.24 bits per heavy atom. The molecule has 3 rings (SSSR count). The highest BCUT2D eigenvalue weighted by Crippen LogP contribution is 2.33. The van der Waals surface area contributed by atoms with E-state index in [2.05, 4.69) is 29.2 Å². The van der Waals surface area contributed by atoms with E-state index in [9.17, 15) is 4.79 Å². The first-order valence-electron chi connectivity index (χ1n) is 7.94. The number of hydrogen-bond acceptors (Lipinski definition) is 3. The van der Waals surface area contributed by atoms with Gasteiger partial charge in [-0.05, 0) is 24.8 Å². The minimum Gasteiger partial charge on any atom is -0.334 e. The number of hydrogen-bond donors (Lipinski definition) is 1. The lowest BCUT2D eigenvalue weighted by Gasteiger charge is -2.39. The maximum Gasteiger partial charge on any atom is 0.226 e. The van der Waals surface area contributed by atoms with E-state index in [1.54, 1.807) is 0 Å². The average molecular weight is 304 g/mol. The van der Waals surface area contributed by atoms with Crippen LogP contribution in [0.25, 0.3) is 0 Å². The highest BCUT2D eigenvalue weighted by atomic mass is 32.2. The van der Waals surface area contributed by atoms with Gasteiger partial charge in [0.05, 0.1) is 6.04 Å². The quantitative estimate of drug-likeness (QED) is 0.914. The molecule has 21 heavy (non-hydrogen) atoms. The minimum atomic E-state index is 0.142. The Hall–Kier alpha value is -1.00. The van der Waals surface area contributed by atoms with Crippen molar-refractivity contribution in [3.8, 4) is 0 Å². The van der Waals surface area contributed by atoms with Crippen LogP contribution in [0.4, 0.5) is 0 Å². The van der Waals surface area contributed by atoms with Crippen LogP contribution in [0.1, 0.15) is 37.3 Å². The third kappa shape index (κ3) is 3.43. The normalized spacial score (nSPS) is 30.1. The van der Waals surface area contributed by atoms with E-state index >= 15 is 0 Å². The van der Waals surface area contributed by atoms with Crippen molar-refractivity contribution in [2.45, 2.75) is 37.8 Å². The molecular weight excluding hydrogens is 280 g/mol. The number of carbonyl (C=O) groups excluding carboxylic acids is 1. The molecule has 0 aromatic heterocycles. The lowest BCUT2D eigenvalue weighted by atomic mass is 9.85. The molecule has 2 N–H and O–H groups in total. The van der Waals surface area contributed by atoms with Gasteiger partial charge >= 0.3 is 0 Å². The maximum atomic E-state index is 12.9. The minimum absolute atomic E-state index is 0.142. The van der Waals surface area contributed by atoms with Crippen molar-refractivity contribution >= 4 is 17.7 Å². The number of thioether (sulfide) groups is 1. The molecule has 2 fully saturated rings. The van der Waals surface area contributed by atoms with Crippen molar-refractivity contribution in [2.75, 3.05) is 18.1 Å². The Labute approximate surface area is 131 Å². The molecule has 1 saturated heterocycles. The highest BCUT2D eigenvalue weighted by Gasteiger charge is 2.34. The number of nitrogens with two attached hydrogens (primary N) is 1.